The molecule has 3 aromatic rings. The number of nitrogens with two attached hydrogens (primary N) is 1. The second-order valence-corrected chi connectivity index (χ2v) is 7.42. The molecular weight excluding hydrogens is 322 g/mol. The van der Waals surface area contributed by atoms with E-state index in [9.17, 15) is 0 Å². The quantitative estimate of drug-likeness (QED) is 0.680. The van der Waals surface area contributed by atoms with Crippen LogP contribution in [0.2, 0.25) is 0 Å². The maximum atomic E-state index is 5.87. The average molecular weight is 339 g/mol. The molecule has 3 rings (SSSR count). The number of nitrogens with zero attached hydrogens (tertiary/aromatic N) is 2. The van der Waals surface area contributed by atoms with Gasteiger partial charge in [0.2, 0.25) is 5.95 Å². The number of hydrogen-bond acceptors (Lipinski definition) is 5. The van der Waals surface area contributed by atoms with Crippen molar-refractivity contribution in [1.82, 2.24) is 9.97 Å². The zero-order chi connectivity index (χ0) is 16.2. The monoisotopic (exact) mass is 339 g/mol. The number of benzene rings is 2. The van der Waals surface area contributed by atoms with Crippen LogP contribution in [0.4, 0.5) is 5.95 Å². The molecule has 0 fully saturated rings. The molecule has 0 atom stereocenters. The first kappa shape index (κ1) is 15.9. The summed E-state index contributed by atoms with van der Waals surface area (Å²) in [4.78, 5) is 10.9. The van der Waals surface area contributed by atoms with Crippen molar-refractivity contribution in [3.63, 3.8) is 0 Å². The van der Waals surface area contributed by atoms with E-state index in [1.807, 2.05) is 6.07 Å². The topological polar surface area (TPSA) is 51.8 Å². The summed E-state index contributed by atoms with van der Waals surface area (Å²) < 4.78 is 0. The van der Waals surface area contributed by atoms with Crippen molar-refractivity contribution in [2.24, 2.45) is 0 Å². The zero-order valence-corrected chi connectivity index (χ0v) is 14.6. The molecular formula is C18H17N3S2. The van der Waals surface area contributed by atoms with Gasteiger partial charge in [0.05, 0.1) is 0 Å². The summed E-state index contributed by atoms with van der Waals surface area (Å²) in [6.07, 6.45) is 0. The highest BCUT2D eigenvalue weighted by atomic mass is 32.2. The highest BCUT2D eigenvalue weighted by Gasteiger charge is 2.06. The first-order chi connectivity index (χ1) is 11.1. The first-order valence-electron chi connectivity index (χ1n) is 7.22. The van der Waals surface area contributed by atoms with Gasteiger partial charge in [-0.3, -0.25) is 0 Å². The van der Waals surface area contributed by atoms with Crippen LogP contribution in [-0.4, -0.2) is 9.97 Å². The van der Waals surface area contributed by atoms with E-state index in [0.717, 1.165) is 19.8 Å². The summed E-state index contributed by atoms with van der Waals surface area (Å²) in [7, 11) is 0. The van der Waals surface area contributed by atoms with Crippen molar-refractivity contribution in [2.75, 3.05) is 5.73 Å². The summed E-state index contributed by atoms with van der Waals surface area (Å²) >= 11 is 3.19. The van der Waals surface area contributed by atoms with Crippen molar-refractivity contribution >= 4 is 29.5 Å². The molecule has 0 saturated carbocycles. The Kier molecular flexibility index (Phi) is 4.88. The molecule has 3 nitrogen and oxygen atoms in total. The molecule has 0 aliphatic heterocycles. The van der Waals surface area contributed by atoms with Crippen LogP contribution in [0.5, 0.6) is 0 Å². The van der Waals surface area contributed by atoms with Crippen LogP contribution in [0.3, 0.4) is 0 Å². The predicted molar refractivity (Wildman–Crippen MR) is 97.0 cm³/mol. The van der Waals surface area contributed by atoms with E-state index in [-0.39, 0.29) is 0 Å². The maximum Gasteiger partial charge on any atom is 0.222 e. The van der Waals surface area contributed by atoms with Crippen LogP contribution < -0.4 is 5.73 Å². The third kappa shape index (κ3) is 4.50. The number of aromatic nitrogens is 2. The number of aryl methyl sites for hydroxylation is 2. The molecule has 0 unspecified atom stereocenters. The fourth-order valence-electron chi connectivity index (χ4n) is 1.98. The van der Waals surface area contributed by atoms with Gasteiger partial charge in [0.25, 0.3) is 0 Å². The van der Waals surface area contributed by atoms with Crippen LogP contribution in [-0.2, 0) is 0 Å². The van der Waals surface area contributed by atoms with Crippen molar-refractivity contribution in [3.05, 3.63) is 65.7 Å². The summed E-state index contributed by atoms with van der Waals surface area (Å²) in [5.41, 5.74) is 8.35. The molecule has 0 amide bonds. The molecule has 0 saturated heterocycles. The summed E-state index contributed by atoms with van der Waals surface area (Å²) in [6.45, 7) is 4.15. The Morgan fingerprint density at radius 2 is 1.09 bits per heavy atom. The van der Waals surface area contributed by atoms with Gasteiger partial charge in [-0.25, -0.2) is 9.97 Å². The van der Waals surface area contributed by atoms with Crippen LogP contribution in [0.1, 0.15) is 11.1 Å². The van der Waals surface area contributed by atoms with Gasteiger partial charge in [-0.2, -0.15) is 0 Å². The average Bonchev–Trinajstić information content (AvgIpc) is 2.51. The summed E-state index contributed by atoms with van der Waals surface area (Å²) in [5, 5.41) is 1.71. The lowest BCUT2D eigenvalue weighted by atomic mass is 10.2. The standard InChI is InChI=1S/C18H17N3S2/c1-12-3-7-14(8-4-12)22-16-11-17(21-18(19)20-16)23-15-9-5-13(2)6-10-15/h3-11H,1-2H3,(H2,19,20,21). The van der Waals surface area contributed by atoms with Crippen molar-refractivity contribution in [2.45, 2.75) is 33.7 Å². The van der Waals surface area contributed by atoms with Gasteiger partial charge >= 0.3 is 0 Å². The van der Waals surface area contributed by atoms with E-state index >= 15 is 0 Å². The lowest BCUT2D eigenvalue weighted by Gasteiger charge is -2.06. The Bertz CT molecular complexity index is 734. The highest BCUT2D eigenvalue weighted by Crippen LogP contribution is 2.32. The highest BCUT2D eigenvalue weighted by molar-refractivity contribution is 8.00. The molecule has 5 heteroatoms. The van der Waals surface area contributed by atoms with Crippen LogP contribution in [0.15, 0.2) is 74.4 Å². The molecule has 0 bridgehead atoms. The Hall–Kier alpha value is -1.98. The number of rotatable bonds is 4. The van der Waals surface area contributed by atoms with Gasteiger partial charge in [-0.15, -0.1) is 0 Å². The third-order valence-corrected chi connectivity index (χ3v) is 5.04. The first-order valence-corrected chi connectivity index (χ1v) is 8.85. The largest absolute Gasteiger partial charge is 0.368 e. The molecule has 0 aliphatic rings. The zero-order valence-electron chi connectivity index (χ0n) is 13.0. The van der Waals surface area contributed by atoms with Gasteiger partial charge in [0, 0.05) is 15.9 Å². The molecule has 0 radical (unpaired) electrons. The minimum atomic E-state index is 0.303. The van der Waals surface area contributed by atoms with Gasteiger partial charge in [-0.1, -0.05) is 58.9 Å². The Labute approximate surface area is 144 Å². The molecule has 116 valence electrons. The van der Waals surface area contributed by atoms with E-state index < -0.39 is 0 Å². The smallest absolute Gasteiger partial charge is 0.222 e. The molecule has 0 spiro atoms. The lowest BCUT2D eigenvalue weighted by molar-refractivity contribution is 0.980. The fraction of sp³-hybridized carbons (Fsp3) is 0.111. The van der Waals surface area contributed by atoms with Crippen molar-refractivity contribution in [1.29, 1.82) is 0 Å². The number of nitrogen functional groups attached to an aromatic ring is 1. The minimum absolute atomic E-state index is 0.303. The van der Waals surface area contributed by atoms with E-state index in [2.05, 4.69) is 72.3 Å². The normalized spacial score (nSPS) is 10.7. The summed E-state index contributed by atoms with van der Waals surface area (Å²) in [6, 6.07) is 18.7. The van der Waals surface area contributed by atoms with Crippen LogP contribution >= 0.6 is 23.5 Å². The van der Waals surface area contributed by atoms with Gasteiger partial charge in [0.15, 0.2) is 0 Å². The fourth-order valence-corrected chi connectivity index (χ4v) is 3.70. The molecule has 2 aromatic carbocycles. The Morgan fingerprint density at radius 1 is 0.696 bits per heavy atom. The minimum Gasteiger partial charge on any atom is -0.368 e. The predicted octanol–water partition coefficient (Wildman–Crippen LogP) is 4.98. The Morgan fingerprint density at radius 3 is 1.48 bits per heavy atom. The van der Waals surface area contributed by atoms with Gasteiger partial charge in [0.1, 0.15) is 10.1 Å². The maximum absolute atomic E-state index is 5.87. The number of anilines is 1. The second-order valence-electron chi connectivity index (χ2n) is 5.23. The molecule has 0 aliphatic carbocycles. The van der Waals surface area contributed by atoms with Gasteiger partial charge in [-0.05, 0) is 38.1 Å². The molecule has 23 heavy (non-hydrogen) atoms. The SMILES string of the molecule is Cc1ccc(Sc2cc(Sc3ccc(C)cc3)nc(N)n2)cc1. The second kappa shape index (κ2) is 7.06. The van der Waals surface area contributed by atoms with E-state index in [0.29, 0.717) is 5.95 Å². The molecule has 1 aromatic heterocycles. The van der Waals surface area contributed by atoms with Crippen LogP contribution in [0.25, 0.3) is 0 Å². The van der Waals surface area contributed by atoms with Gasteiger partial charge < -0.3 is 5.73 Å². The lowest BCUT2D eigenvalue weighted by Crippen LogP contribution is -1.97. The third-order valence-electron chi connectivity index (χ3n) is 3.18. The molecule has 2 N–H and O–H groups in total. The van der Waals surface area contributed by atoms with E-state index in [1.54, 1.807) is 23.5 Å². The van der Waals surface area contributed by atoms with Crippen LogP contribution in [0, 0.1) is 13.8 Å². The van der Waals surface area contributed by atoms with E-state index in [1.165, 1.54) is 11.1 Å². The molecule has 1 heterocycles. The van der Waals surface area contributed by atoms with Crippen molar-refractivity contribution < 1.29 is 0 Å². The Balaban J connectivity index is 1.81. The van der Waals surface area contributed by atoms with E-state index in [4.69, 9.17) is 5.73 Å². The summed E-state index contributed by atoms with van der Waals surface area (Å²) in [5.74, 6) is 0.303. The number of hydrogen-bond donors (Lipinski definition) is 1. The van der Waals surface area contributed by atoms with Crippen molar-refractivity contribution in [3.8, 4) is 0 Å².